The number of piperidine rings is 1. The normalized spacial score (nSPS) is 18.6. The van der Waals surface area contributed by atoms with E-state index in [1.165, 1.54) is 0 Å². The molecule has 1 aliphatic heterocycles. The number of methoxy groups -OCH3 is 1. The molecule has 1 fully saturated rings. The van der Waals surface area contributed by atoms with Gasteiger partial charge in [0.2, 0.25) is 0 Å². The van der Waals surface area contributed by atoms with Gasteiger partial charge in [0.25, 0.3) is 0 Å². The van der Waals surface area contributed by atoms with Crippen molar-refractivity contribution in [2.75, 3.05) is 26.8 Å². The SMILES string of the molecule is COCc1cccc(CNC(=O)N2CCCC(CO)C2)c1. The molecule has 0 aromatic heterocycles. The molecule has 2 amide bonds. The number of amides is 2. The maximum Gasteiger partial charge on any atom is 0.317 e. The average molecular weight is 292 g/mol. The van der Waals surface area contributed by atoms with E-state index < -0.39 is 0 Å². The van der Waals surface area contributed by atoms with Gasteiger partial charge in [-0.2, -0.15) is 0 Å². The fourth-order valence-corrected chi connectivity index (χ4v) is 2.68. The van der Waals surface area contributed by atoms with Crippen LogP contribution in [0.5, 0.6) is 0 Å². The lowest BCUT2D eigenvalue weighted by Crippen LogP contribution is -2.45. The minimum Gasteiger partial charge on any atom is -0.396 e. The summed E-state index contributed by atoms with van der Waals surface area (Å²) in [4.78, 5) is 13.9. The predicted molar refractivity (Wildman–Crippen MR) is 80.8 cm³/mol. The van der Waals surface area contributed by atoms with Gasteiger partial charge in [-0.15, -0.1) is 0 Å². The molecule has 1 aromatic carbocycles. The molecular weight excluding hydrogens is 268 g/mol. The van der Waals surface area contributed by atoms with Crippen molar-refractivity contribution in [3.8, 4) is 0 Å². The second-order valence-electron chi connectivity index (χ2n) is 5.55. The molecule has 0 bridgehead atoms. The first-order valence-corrected chi connectivity index (χ1v) is 7.43. The standard InChI is InChI=1S/C16H24N2O3/c1-21-12-14-5-2-4-13(8-14)9-17-16(20)18-7-3-6-15(10-18)11-19/h2,4-5,8,15,19H,3,6-7,9-12H2,1H3,(H,17,20). The molecular formula is C16H24N2O3. The molecule has 1 unspecified atom stereocenters. The number of aliphatic hydroxyl groups excluding tert-OH is 1. The van der Waals surface area contributed by atoms with E-state index in [1.54, 1.807) is 12.0 Å². The molecule has 2 N–H and O–H groups in total. The van der Waals surface area contributed by atoms with Gasteiger partial charge in [-0.25, -0.2) is 4.79 Å². The lowest BCUT2D eigenvalue weighted by atomic mass is 9.99. The van der Waals surface area contributed by atoms with Gasteiger partial charge >= 0.3 is 6.03 Å². The van der Waals surface area contributed by atoms with Crippen molar-refractivity contribution in [1.82, 2.24) is 10.2 Å². The summed E-state index contributed by atoms with van der Waals surface area (Å²) in [5.74, 6) is 0.217. The van der Waals surface area contributed by atoms with Crippen LogP contribution in [-0.2, 0) is 17.9 Å². The van der Waals surface area contributed by atoms with Gasteiger partial charge in [-0.1, -0.05) is 24.3 Å². The third kappa shape index (κ3) is 4.72. The zero-order chi connectivity index (χ0) is 15.1. The smallest absolute Gasteiger partial charge is 0.317 e. The molecule has 21 heavy (non-hydrogen) atoms. The third-order valence-electron chi connectivity index (χ3n) is 3.81. The van der Waals surface area contributed by atoms with Crippen LogP contribution in [0.4, 0.5) is 4.79 Å². The number of nitrogens with zero attached hydrogens (tertiary/aromatic N) is 1. The van der Waals surface area contributed by atoms with Crippen molar-refractivity contribution < 1.29 is 14.6 Å². The van der Waals surface area contributed by atoms with Gasteiger partial charge in [0, 0.05) is 33.4 Å². The van der Waals surface area contributed by atoms with Crippen molar-refractivity contribution in [3.05, 3.63) is 35.4 Å². The number of hydrogen-bond donors (Lipinski definition) is 2. The van der Waals surface area contributed by atoms with E-state index >= 15 is 0 Å². The number of nitrogens with one attached hydrogen (secondary N) is 1. The highest BCUT2D eigenvalue weighted by molar-refractivity contribution is 5.74. The van der Waals surface area contributed by atoms with Gasteiger partial charge in [-0.05, 0) is 29.9 Å². The summed E-state index contributed by atoms with van der Waals surface area (Å²) in [6, 6.07) is 7.96. The second-order valence-corrected chi connectivity index (χ2v) is 5.55. The van der Waals surface area contributed by atoms with Crippen LogP contribution in [0.2, 0.25) is 0 Å². The molecule has 0 spiro atoms. The summed E-state index contributed by atoms with van der Waals surface area (Å²) in [6.45, 7) is 2.66. The van der Waals surface area contributed by atoms with E-state index in [0.717, 1.165) is 30.5 Å². The van der Waals surface area contributed by atoms with Crippen molar-refractivity contribution in [3.63, 3.8) is 0 Å². The lowest BCUT2D eigenvalue weighted by molar-refractivity contribution is 0.129. The maximum atomic E-state index is 12.2. The number of aliphatic hydroxyl groups is 1. The van der Waals surface area contributed by atoms with Crippen LogP contribution in [0.1, 0.15) is 24.0 Å². The van der Waals surface area contributed by atoms with Gasteiger partial charge in [-0.3, -0.25) is 0 Å². The molecule has 1 saturated heterocycles. The summed E-state index contributed by atoms with van der Waals surface area (Å²) in [7, 11) is 1.67. The van der Waals surface area contributed by atoms with Crippen LogP contribution < -0.4 is 5.32 Å². The number of urea groups is 1. The fourth-order valence-electron chi connectivity index (χ4n) is 2.68. The molecule has 0 saturated carbocycles. The Morgan fingerprint density at radius 2 is 2.29 bits per heavy atom. The molecule has 0 aliphatic carbocycles. The summed E-state index contributed by atoms with van der Waals surface area (Å²) in [5.41, 5.74) is 2.16. The zero-order valence-corrected chi connectivity index (χ0v) is 12.5. The third-order valence-corrected chi connectivity index (χ3v) is 3.81. The number of hydrogen-bond acceptors (Lipinski definition) is 3. The topological polar surface area (TPSA) is 61.8 Å². The molecule has 1 heterocycles. The fraction of sp³-hybridized carbons (Fsp3) is 0.562. The zero-order valence-electron chi connectivity index (χ0n) is 12.5. The van der Waals surface area contributed by atoms with Crippen LogP contribution in [-0.4, -0.2) is 42.8 Å². The first-order chi connectivity index (χ1) is 10.2. The van der Waals surface area contributed by atoms with E-state index in [4.69, 9.17) is 4.74 Å². The Labute approximate surface area is 125 Å². The Bertz CT molecular complexity index is 465. The van der Waals surface area contributed by atoms with E-state index in [2.05, 4.69) is 5.32 Å². The Morgan fingerprint density at radius 3 is 3.05 bits per heavy atom. The number of carbonyl (C=O) groups excluding carboxylic acids is 1. The van der Waals surface area contributed by atoms with Gasteiger partial charge in [0.05, 0.1) is 6.61 Å². The van der Waals surface area contributed by atoms with Crippen LogP contribution in [0.25, 0.3) is 0 Å². The van der Waals surface area contributed by atoms with E-state index in [1.807, 2.05) is 24.3 Å². The number of benzene rings is 1. The minimum atomic E-state index is -0.0507. The monoisotopic (exact) mass is 292 g/mol. The van der Waals surface area contributed by atoms with E-state index in [0.29, 0.717) is 19.7 Å². The van der Waals surface area contributed by atoms with E-state index in [9.17, 15) is 9.90 Å². The van der Waals surface area contributed by atoms with Crippen LogP contribution in [0, 0.1) is 5.92 Å². The Hall–Kier alpha value is -1.59. The van der Waals surface area contributed by atoms with E-state index in [-0.39, 0.29) is 18.6 Å². The van der Waals surface area contributed by atoms with Gasteiger partial charge < -0.3 is 20.1 Å². The van der Waals surface area contributed by atoms with Crippen LogP contribution in [0.3, 0.4) is 0 Å². The molecule has 0 radical (unpaired) electrons. The first-order valence-electron chi connectivity index (χ1n) is 7.43. The first kappa shape index (κ1) is 15.8. The highest BCUT2D eigenvalue weighted by atomic mass is 16.5. The Morgan fingerprint density at radius 1 is 1.48 bits per heavy atom. The molecule has 5 nitrogen and oxygen atoms in total. The highest BCUT2D eigenvalue weighted by Gasteiger charge is 2.22. The molecule has 1 aliphatic rings. The largest absolute Gasteiger partial charge is 0.396 e. The number of likely N-dealkylation sites (tertiary alicyclic amines) is 1. The summed E-state index contributed by atoms with van der Waals surface area (Å²) in [6.07, 6.45) is 1.96. The summed E-state index contributed by atoms with van der Waals surface area (Å²) < 4.78 is 5.11. The minimum absolute atomic E-state index is 0.0507. The molecule has 2 rings (SSSR count). The lowest BCUT2D eigenvalue weighted by Gasteiger charge is -2.31. The number of carbonyl (C=O) groups is 1. The van der Waals surface area contributed by atoms with Gasteiger partial charge in [0.15, 0.2) is 0 Å². The summed E-state index contributed by atoms with van der Waals surface area (Å²) >= 11 is 0. The van der Waals surface area contributed by atoms with Crippen LogP contribution >= 0.6 is 0 Å². The van der Waals surface area contributed by atoms with Crippen molar-refractivity contribution >= 4 is 6.03 Å². The predicted octanol–water partition coefficient (Wildman–Crippen LogP) is 1.75. The van der Waals surface area contributed by atoms with Crippen molar-refractivity contribution in [2.24, 2.45) is 5.92 Å². The second kappa shape index (κ2) is 8.00. The van der Waals surface area contributed by atoms with Crippen molar-refractivity contribution in [1.29, 1.82) is 0 Å². The van der Waals surface area contributed by atoms with Crippen molar-refractivity contribution in [2.45, 2.75) is 26.0 Å². The Kier molecular flexibility index (Phi) is 6.02. The highest BCUT2D eigenvalue weighted by Crippen LogP contribution is 2.15. The Balaban J connectivity index is 1.84. The van der Waals surface area contributed by atoms with Crippen LogP contribution in [0.15, 0.2) is 24.3 Å². The number of rotatable bonds is 5. The molecule has 1 atom stereocenters. The average Bonchev–Trinajstić information content (AvgIpc) is 2.53. The summed E-state index contributed by atoms with van der Waals surface area (Å²) in [5, 5.41) is 12.2. The maximum absolute atomic E-state index is 12.2. The molecule has 116 valence electrons. The quantitative estimate of drug-likeness (QED) is 0.869. The van der Waals surface area contributed by atoms with Gasteiger partial charge in [0.1, 0.15) is 0 Å². The molecule has 5 heteroatoms. The number of ether oxygens (including phenoxy) is 1. The molecule has 1 aromatic rings.